The van der Waals surface area contributed by atoms with Crippen molar-refractivity contribution in [2.24, 2.45) is 0 Å². The van der Waals surface area contributed by atoms with Crippen LogP contribution in [-0.2, 0) is 4.74 Å². The lowest BCUT2D eigenvalue weighted by molar-refractivity contribution is 0.0145. The van der Waals surface area contributed by atoms with E-state index in [4.69, 9.17) is 4.74 Å². The first-order valence-electron chi connectivity index (χ1n) is 8.43. The lowest BCUT2D eigenvalue weighted by Gasteiger charge is -2.31. The summed E-state index contributed by atoms with van der Waals surface area (Å²) in [5.74, 6) is 0. The second kappa shape index (κ2) is 8.23. The molecule has 0 aromatic heterocycles. The molecule has 3 heteroatoms. The van der Waals surface area contributed by atoms with Gasteiger partial charge in [-0.05, 0) is 45.2 Å². The zero-order valence-corrected chi connectivity index (χ0v) is 12.9. The van der Waals surface area contributed by atoms with E-state index in [1.54, 1.807) is 0 Å². The third-order valence-corrected chi connectivity index (χ3v) is 4.73. The predicted molar refractivity (Wildman–Crippen MR) is 80.6 cm³/mol. The maximum Gasteiger partial charge on any atom is 0.0707 e. The van der Waals surface area contributed by atoms with Crippen LogP contribution in [0.3, 0.4) is 0 Å². The van der Waals surface area contributed by atoms with Crippen molar-refractivity contribution in [3.8, 4) is 0 Å². The standard InChI is InChI=1S/C16H32N2O/c1-3-14-8-6-5-7-11-18(14)13-16-10-9-15(19-16)12-17-4-2/h14-17H,3-13H2,1-2H3. The van der Waals surface area contributed by atoms with Gasteiger partial charge in [0.25, 0.3) is 0 Å². The summed E-state index contributed by atoms with van der Waals surface area (Å²) in [4.78, 5) is 2.72. The van der Waals surface area contributed by atoms with Crippen molar-refractivity contribution in [2.45, 2.75) is 77.0 Å². The molecule has 0 bridgehead atoms. The average molecular weight is 268 g/mol. The molecule has 0 radical (unpaired) electrons. The van der Waals surface area contributed by atoms with Gasteiger partial charge < -0.3 is 10.1 Å². The monoisotopic (exact) mass is 268 g/mol. The number of likely N-dealkylation sites (tertiary alicyclic amines) is 1. The molecule has 1 N–H and O–H groups in total. The lowest BCUT2D eigenvalue weighted by Crippen LogP contribution is -2.40. The summed E-state index contributed by atoms with van der Waals surface area (Å²) in [5, 5.41) is 3.41. The molecular weight excluding hydrogens is 236 g/mol. The fraction of sp³-hybridized carbons (Fsp3) is 1.00. The van der Waals surface area contributed by atoms with Crippen LogP contribution in [0.1, 0.15) is 58.8 Å². The largest absolute Gasteiger partial charge is 0.372 e. The zero-order chi connectivity index (χ0) is 13.5. The Kier molecular flexibility index (Phi) is 6.62. The van der Waals surface area contributed by atoms with E-state index in [1.807, 2.05) is 0 Å². The van der Waals surface area contributed by atoms with Gasteiger partial charge in [-0.15, -0.1) is 0 Å². The van der Waals surface area contributed by atoms with Gasteiger partial charge in [0.05, 0.1) is 12.2 Å². The SMILES string of the molecule is CCNCC1CCC(CN2CCCCCC2CC)O1. The van der Waals surface area contributed by atoms with E-state index < -0.39 is 0 Å². The number of rotatable bonds is 6. The smallest absolute Gasteiger partial charge is 0.0707 e. The molecule has 112 valence electrons. The van der Waals surface area contributed by atoms with E-state index in [-0.39, 0.29) is 0 Å². The highest BCUT2D eigenvalue weighted by molar-refractivity contribution is 4.81. The highest BCUT2D eigenvalue weighted by atomic mass is 16.5. The van der Waals surface area contributed by atoms with Gasteiger partial charge in [-0.2, -0.15) is 0 Å². The summed E-state index contributed by atoms with van der Waals surface area (Å²) in [6.07, 6.45) is 10.3. The number of likely N-dealkylation sites (N-methyl/N-ethyl adjacent to an activating group) is 1. The molecule has 0 aromatic rings. The van der Waals surface area contributed by atoms with Crippen molar-refractivity contribution in [1.29, 1.82) is 0 Å². The highest BCUT2D eigenvalue weighted by Gasteiger charge is 2.29. The van der Waals surface area contributed by atoms with E-state index in [0.717, 1.165) is 19.1 Å². The minimum absolute atomic E-state index is 0.456. The van der Waals surface area contributed by atoms with Crippen molar-refractivity contribution in [2.75, 3.05) is 26.2 Å². The molecule has 0 spiro atoms. The van der Waals surface area contributed by atoms with Gasteiger partial charge in [0.1, 0.15) is 0 Å². The number of nitrogens with one attached hydrogen (secondary N) is 1. The van der Waals surface area contributed by atoms with Crippen LogP contribution >= 0.6 is 0 Å². The summed E-state index contributed by atoms with van der Waals surface area (Å²) in [7, 11) is 0. The van der Waals surface area contributed by atoms with Gasteiger partial charge in [0.15, 0.2) is 0 Å². The van der Waals surface area contributed by atoms with Gasteiger partial charge >= 0.3 is 0 Å². The quantitative estimate of drug-likeness (QED) is 0.801. The van der Waals surface area contributed by atoms with Crippen LogP contribution in [0.25, 0.3) is 0 Å². The number of hydrogen-bond donors (Lipinski definition) is 1. The van der Waals surface area contributed by atoms with Gasteiger partial charge in [-0.1, -0.05) is 26.7 Å². The van der Waals surface area contributed by atoms with E-state index in [1.165, 1.54) is 58.0 Å². The topological polar surface area (TPSA) is 24.5 Å². The van der Waals surface area contributed by atoms with Crippen molar-refractivity contribution in [3.63, 3.8) is 0 Å². The van der Waals surface area contributed by atoms with Crippen LogP contribution in [0, 0.1) is 0 Å². The predicted octanol–water partition coefficient (Wildman–Crippen LogP) is 2.80. The first-order valence-corrected chi connectivity index (χ1v) is 8.43. The first-order chi connectivity index (χ1) is 9.33. The molecule has 2 rings (SSSR count). The Hall–Kier alpha value is -0.120. The van der Waals surface area contributed by atoms with Crippen LogP contribution in [-0.4, -0.2) is 49.3 Å². The Morgan fingerprint density at radius 3 is 2.68 bits per heavy atom. The van der Waals surface area contributed by atoms with Crippen LogP contribution in [0.2, 0.25) is 0 Å². The summed E-state index contributed by atoms with van der Waals surface area (Å²) < 4.78 is 6.20. The fourth-order valence-electron chi connectivity index (χ4n) is 3.57. The molecule has 0 saturated carbocycles. The Labute approximate surface area is 119 Å². The molecule has 0 aliphatic carbocycles. The number of nitrogens with zero attached hydrogens (tertiary/aromatic N) is 1. The van der Waals surface area contributed by atoms with Crippen molar-refractivity contribution in [3.05, 3.63) is 0 Å². The van der Waals surface area contributed by atoms with Crippen LogP contribution in [0.5, 0.6) is 0 Å². The maximum atomic E-state index is 6.20. The fourth-order valence-corrected chi connectivity index (χ4v) is 3.57. The molecular formula is C16H32N2O. The van der Waals surface area contributed by atoms with Gasteiger partial charge in [0.2, 0.25) is 0 Å². The molecule has 3 nitrogen and oxygen atoms in total. The Morgan fingerprint density at radius 1 is 1.05 bits per heavy atom. The molecule has 3 unspecified atom stereocenters. The van der Waals surface area contributed by atoms with E-state index in [2.05, 4.69) is 24.1 Å². The lowest BCUT2D eigenvalue weighted by atomic mass is 10.1. The zero-order valence-electron chi connectivity index (χ0n) is 12.9. The minimum Gasteiger partial charge on any atom is -0.372 e. The van der Waals surface area contributed by atoms with Gasteiger partial charge in [-0.3, -0.25) is 4.90 Å². The average Bonchev–Trinajstić information content (AvgIpc) is 2.74. The molecule has 2 saturated heterocycles. The molecule has 0 amide bonds. The van der Waals surface area contributed by atoms with Gasteiger partial charge in [-0.25, -0.2) is 0 Å². The third kappa shape index (κ3) is 4.73. The van der Waals surface area contributed by atoms with Gasteiger partial charge in [0, 0.05) is 19.1 Å². The summed E-state index contributed by atoms with van der Waals surface area (Å²) in [5.41, 5.74) is 0. The third-order valence-electron chi connectivity index (χ3n) is 4.73. The maximum absolute atomic E-state index is 6.20. The highest BCUT2D eigenvalue weighted by Crippen LogP contribution is 2.24. The molecule has 0 aromatic carbocycles. The van der Waals surface area contributed by atoms with Crippen molar-refractivity contribution < 1.29 is 4.74 Å². The first kappa shape index (κ1) is 15.3. The second-order valence-electron chi connectivity index (χ2n) is 6.17. The Morgan fingerprint density at radius 2 is 1.89 bits per heavy atom. The van der Waals surface area contributed by atoms with Crippen molar-refractivity contribution >= 4 is 0 Å². The minimum atomic E-state index is 0.456. The molecule has 19 heavy (non-hydrogen) atoms. The van der Waals surface area contributed by atoms with E-state index in [0.29, 0.717) is 12.2 Å². The summed E-state index contributed by atoms with van der Waals surface area (Å²) >= 11 is 0. The molecule has 2 heterocycles. The van der Waals surface area contributed by atoms with E-state index >= 15 is 0 Å². The Balaban J connectivity index is 1.76. The summed E-state index contributed by atoms with van der Waals surface area (Å²) in [6.45, 7) is 9.04. The molecule has 3 atom stereocenters. The molecule has 2 aliphatic heterocycles. The molecule has 2 fully saturated rings. The van der Waals surface area contributed by atoms with E-state index in [9.17, 15) is 0 Å². The van der Waals surface area contributed by atoms with Crippen LogP contribution in [0.4, 0.5) is 0 Å². The number of ether oxygens (including phenoxy) is 1. The normalized spacial score (nSPS) is 33.5. The Bertz CT molecular complexity index is 247. The summed E-state index contributed by atoms with van der Waals surface area (Å²) in [6, 6.07) is 0.805. The van der Waals surface area contributed by atoms with Crippen LogP contribution < -0.4 is 5.32 Å². The number of hydrogen-bond acceptors (Lipinski definition) is 3. The second-order valence-corrected chi connectivity index (χ2v) is 6.17. The van der Waals surface area contributed by atoms with Crippen LogP contribution in [0.15, 0.2) is 0 Å². The van der Waals surface area contributed by atoms with Crippen molar-refractivity contribution in [1.82, 2.24) is 10.2 Å². The molecule has 2 aliphatic rings.